The zero-order valence-electron chi connectivity index (χ0n) is 10.9. The van der Waals surface area contributed by atoms with E-state index < -0.39 is 22.1 Å². The lowest BCUT2D eigenvalue weighted by Crippen LogP contribution is -2.02. The fourth-order valence-corrected chi connectivity index (χ4v) is 1.74. The summed E-state index contributed by atoms with van der Waals surface area (Å²) in [6, 6.07) is 9.76. The molecule has 0 aliphatic heterocycles. The van der Waals surface area contributed by atoms with Gasteiger partial charge in [0.1, 0.15) is 5.69 Å². The summed E-state index contributed by atoms with van der Waals surface area (Å²) in [5.41, 5.74) is -0.194. The molecule has 1 aromatic carbocycles. The molecule has 22 heavy (non-hydrogen) atoms. The van der Waals surface area contributed by atoms with E-state index in [1.165, 1.54) is 18.2 Å². The van der Waals surface area contributed by atoms with Crippen molar-refractivity contribution in [2.45, 2.75) is 4.90 Å². The van der Waals surface area contributed by atoms with Crippen LogP contribution in [0, 0.1) is 0 Å². The zero-order chi connectivity index (χ0) is 16.8. The molecule has 0 unspecified atom stereocenters. The molecule has 116 valence electrons. The molecule has 0 spiro atoms. The Kier molecular flexibility index (Phi) is 5.72. The lowest BCUT2D eigenvalue weighted by molar-refractivity contribution is 0.0676. The van der Waals surface area contributed by atoms with E-state index in [1.54, 1.807) is 18.2 Å². The standard InChI is InChI=1S/C7H5NO4.C6H6O3S/c9-6(10)4-1-2-5(7(11)12)8-3-4;7-10(8,9)6-4-2-1-3-5-6/h1-3H,(H,9,10)(H,11,12);1-5H,(H,7,8,9). The second kappa shape index (κ2) is 7.29. The van der Waals surface area contributed by atoms with Gasteiger partial charge in [-0.1, -0.05) is 18.2 Å². The van der Waals surface area contributed by atoms with Gasteiger partial charge < -0.3 is 10.2 Å². The van der Waals surface area contributed by atoms with Crippen LogP contribution in [0.1, 0.15) is 20.8 Å². The van der Waals surface area contributed by atoms with E-state index in [0.29, 0.717) is 0 Å². The molecule has 3 N–H and O–H groups in total. The van der Waals surface area contributed by atoms with Gasteiger partial charge in [0.15, 0.2) is 0 Å². The van der Waals surface area contributed by atoms with Crippen molar-refractivity contribution in [3.8, 4) is 0 Å². The highest BCUT2D eigenvalue weighted by Gasteiger charge is 2.07. The Hall–Kier alpha value is -2.78. The Labute approximate surface area is 125 Å². The second-order valence-electron chi connectivity index (χ2n) is 3.83. The number of benzene rings is 1. The number of hydrogen-bond donors (Lipinski definition) is 3. The predicted molar refractivity (Wildman–Crippen MR) is 74.4 cm³/mol. The highest BCUT2D eigenvalue weighted by Crippen LogP contribution is 2.05. The Morgan fingerprint density at radius 3 is 1.82 bits per heavy atom. The number of rotatable bonds is 3. The minimum Gasteiger partial charge on any atom is -0.478 e. The molecule has 1 heterocycles. The highest BCUT2D eigenvalue weighted by atomic mass is 32.2. The van der Waals surface area contributed by atoms with Crippen LogP contribution < -0.4 is 0 Å². The highest BCUT2D eigenvalue weighted by molar-refractivity contribution is 7.85. The first-order valence-corrected chi connectivity index (χ1v) is 7.11. The first-order valence-electron chi connectivity index (χ1n) is 5.67. The summed E-state index contributed by atoms with van der Waals surface area (Å²) in [6.07, 6.45) is 1.01. The van der Waals surface area contributed by atoms with E-state index >= 15 is 0 Å². The van der Waals surface area contributed by atoms with Crippen LogP contribution in [0.15, 0.2) is 53.6 Å². The normalized spacial score (nSPS) is 10.2. The summed E-state index contributed by atoms with van der Waals surface area (Å²) in [4.78, 5) is 23.9. The molecule has 0 radical (unpaired) electrons. The molecule has 8 nitrogen and oxygen atoms in total. The van der Waals surface area contributed by atoms with Crippen LogP contribution in [0.3, 0.4) is 0 Å². The van der Waals surface area contributed by atoms with Crippen LogP contribution in [0.4, 0.5) is 0 Å². The molecule has 0 aliphatic carbocycles. The fraction of sp³-hybridized carbons (Fsp3) is 0. The van der Waals surface area contributed by atoms with Crippen LogP contribution in [-0.4, -0.2) is 40.1 Å². The fourth-order valence-electron chi connectivity index (χ4n) is 1.24. The molecule has 1 aromatic heterocycles. The Bertz CT molecular complexity index is 722. The monoisotopic (exact) mass is 325 g/mol. The van der Waals surface area contributed by atoms with Crippen LogP contribution in [0.2, 0.25) is 0 Å². The minimum atomic E-state index is -4.00. The Balaban J connectivity index is 0.000000224. The molecule has 0 aliphatic rings. The van der Waals surface area contributed by atoms with Crippen LogP contribution in [-0.2, 0) is 10.1 Å². The van der Waals surface area contributed by atoms with Gasteiger partial charge in [-0.2, -0.15) is 8.42 Å². The van der Waals surface area contributed by atoms with E-state index in [2.05, 4.69) is 4.98 Å². The SMILES string of the molecule is O=C(O)c1ccc(C(=O)O)nc1.O=S(=O)(O)c1ccccc1. The van der Waals surface area contributed by atoms with Crippen molar-refractivity contribution in [2.75, 3.05) is 0 Å². The van der Waals surface area contributed by atoms with Crippen molar-refractivity contribution >= 4 is 22.1 Å². The summed E-state index contributed by atoms with van der Waals surface area (Å²) in [7, 11) is -4.00. The molecule has 0 fully saturated rings. The minimum absolute atomic E-state index is 0.0278. The molecule has 0 saturated heterocycles. The number of pyridine rings is 1. The summed E-state index contributed by atoms with van der Waals surface area (Å²) in [6.45, 7) is 0. The van der Waals surface area contributed by atoms with Crippen molar-refractivity contribution in [1.29, 1.82) is 0 Å². The van der Waals surface area contributed by atoms with Crippen molar-refractivity contribution in [3.63, 3.8) is 0 Å². The first-order chi connectivity index (χ1) is 10.2. The van der Waals surface area contributed by atoms with E-state index in [-0.39, 0.29) is 16.2 Å². The number of carbonyl (C=O) groups is 2. The van der Waals surface area contributed by atoms with E-state index in [0.717, 1.165) is 12.3 Å². The first kappa shape index (κ1) is 17.3. The van der Waals surface area contributed by atoms with Crippen LogP contribution >= 0.6 is 0 Å². The van der Waals surface area contributed by atoms with Crippen molar-refractivity contribution < 1.29 is 32.8 Å². The molecule has 9 heteroatoms. The van der Waals surface area contributed by atoms with E-state index in [9.17, 15) is 18.0 Å². The number of carboxylic acids is 2. The smallest absolute Gasteiger partial charge is 0.354 e. The van der Waals surface area contributed by atoms with Gasteiger partial charge in [-0.25, -0.2) is 14.6 Å². The van der Waals surface area contributed by atoms with Gasteiger partial charge >= 0.3 is 11.9 Å². The van der Waals surface area contributed by atoms with Crippen molar-refractivity contribution in [2.24, 2.45) is 0 Å². The molecular formula is C13H11NO7S. The number of aromatic carboxylic acids is 2. The molecule has 0 bridgehead atoms. The van der Waals surface area contributed by atoms with E-state index in [1.807, 2.05) is 0 Å². The van der Waals surface area contributed by atoms with Crippen LogP contribution in [0.5, 0.6) is 0 Å². The van der Waals surface area contributed by atoms with Gasteiger partial charge in [0.2, 0.25) is 0 Å². The van der Waals surface area contributed by atoms with Gasteiger partial charge in [0.05, 0.1) is 10.5 Å². The van der Waals surface area contributed by atoms with Gasteiger partial charge in [0.25, 0.3) is 10.1 Å². The number of carboxylic acid groups (broad SMARTS) is 2. The summed E-state index contributed by atoms with van der Waals surface area (Å²) < 4.78 is 29.2. The Morgan fingerprint density at radius 2 is 1.50 bits per heavy atom. The maximum absolute atomic E-state index is 10.4. The predicted octanol–water partition coefficient (Wildman–Crippen LogP) is 1.41. The lowest BCUT2D eigenvalue weighted by Gasteiger charge is -1.93. The van der Waals surface area contributed by atoms with E-state index in [4.69, 9.17) is 14.8 Å². The van der Waals surface area contributed by atoms with Gasteiger partial charge in [0, 0.05) is 6.20 Å². The van der Waals surface area contributed by atoms with Gasteiger partial charge in [-0.3, -0.25) is 4.55 Å². The number of nitrogens with zero attached hydrogens (tertiary/aromatic N) is 1. The molecule has 0 saturated carbocycles. The number of hydrogen-bond acceptors (Lipinski definition) is 5. The average Bonchev–Trinajstić information content (AvgIpc) is 2.48. The van der Waals surface area contributed by atoms with Gasteiger partial charge in [-0.15, -0.1) is 0 Å². The topological polar surface area (TPSA) is 142 Å². The molecule has 0 amide bonds. The third kappa shape index (κ3) is 5.31. The van der Waals surface area contributed by atoms with Crippen molar-refractivity contribution in [3.05, 3.63) is 59.9 Å². The summed E-state index contributed by atoms with van der Waals surface area (Å²) >= 11 is 0. The molecular weight excluding hydrogens is 314 g/mol. The summed E-state index contributed by atoms with van der Waals surface area (Å²) in [5, 5.41) is 16.8. The van der Waals surface area contributed by atoms with Crippen molar-refractivity contribution in [1.82, 2.24) is 4.98 Å². The lowest BCUT2D eigenvalue weighted by atomic mass is 10.2. The maximum Gasteiger partial charge on any atom is 0.354 e. The number of aromatic nitrogens is 1. The molecule has 2 rings (SSSR count). The molecule has 2 aromatic rings. The average molecular weight is 325 g/mol. The third-order valence-corrected chi connectivity index (χ3v) is 3.14. The molecule has 0 atom stereocenters. The van der Waals surface area contributed by atoms with Gasteiger partial charge in [-0.05, 0) is 24.3 Å². The Morgan fingerprint density at radius 1 is 0.909 bits per heavy atom. The quantitative estimate of drug-likeness (QED) is 0.719. The maximum atomic E-state index is 10.4. The second-order valence-corrected chi connectivity index (χ2v) is 5.25. The summed E-state index contributed by atoms with van der Waals surface area (Å²) in [5.74, 6) is -2.30. The third-order valence-electron chi connectivity index (χ3n) is 2.27. The zero-order valence-corrected chi connectivity index (χ0v) is 11.8. The largest absolute Gasteiger partial charge is 0.478 e. The van der Waals surface area contributed by atoms with Crippen LogP contribution in [0.25, 0.3) is 0 Å².